The van der Waals surface area contributed by atoms with Crippen LogP contribution in [-0.4, -0.2) is 4.98 Å². The van der Waals surface area contributed by atoms with Crippen molar-refractivity contribution in [3.8, 4) is 11.5 Å². The molecule has 0 spiro atoms. The van der Waals surface area contributed by atoms with E-state index in [2.05, 4.69) is 20.9 Å². The van der Waals surface area contributed by atoms with Crippen LogP contribution in [0.25, 0.3) is 22.6 Å². The van der Waals surface area contributed by atoms with Crippen LogP contribution in [0.4, 0.5) is 5.69 Å². The van der Waals surface area contributed by atoms with Gasteiger partial charge >= 0.3 is 0 Å². The van der Waals surface area contributed by atoms with Crippen LogP contribution in [0.5, 0.6) is 0 Å². The summed E-state index contributed by atoms with van der Waals surface area (Å²) in [7, 11) is 0. The van der Waals surface area contributed by atoms with Crippen molar-refractivity contribution in [3.63, 3.8) is 0 Å². The number of benzene rings is 1. The van der Waals surface area contributed by atoms with Crippen LogP contribution in [-0.2, 0) is 0 Å². The Morgan fingerprint density at radius 3 is 2.88 bits per heavy atom. The lowest BCUT2D eigenvalue weighted by molar-refractivity contribution is 0.539. The van der Waals surface area contributed by atoms with Crippen LogP contribution in [0.1, 0.15) is 0 Å². The first-order chi connectivity index (χ1) is 8.15. The highest BCUT2D eigenvalue weighted by Gasteiger charge is 2.14. The standard InChI is InChI=1S/C11H6BrClN2O2/c12-10-5(1-2-16-10)11-15-8-3-6(13)7(14)4-9(8)17-11/h1-4H,14H2. The molecule has 0 aliphatic carbocycles. The molecule has 4 nitrogen and oxygen atoms in total. The third-order valence-electron chi connectivity index (χ3n) is 2.36. The molecule has 0 atom stereocenters. The van der Waals surface area contributed by atoms with Gasteiger partial charge in [-0.25, -0.2) is 4.98 Å². The quantitative estimate of drug-likeness (QED) is 0.687. The fourth-order valence-electron chi connectivity index (χ4n) is 1.53. The van der Waals surface area contributed by atoms with Crippen LogP contribution in [0, 0.1) is 0 Å². The summed E-state index contributed by atoms with van der Waals surface area (Å²) in [5.74, 6) is 0.460. The molecule has 0 amide bonds. The van der Waals surface area contributed by atoms with Gasteiger partial charge < -0.3 is 14.6 Å². The first-order valence-corrected chi connectivity index (χ1v) is 5.91. The number of nitrogens with two attached hydrogens (primary N) is 1. The highest BCUT2D eigenvalue weighted by Crippen LogP contribution is 2.33. The molecule has 1 aromatic carbocycles. The molecule has 2 aromatic heterocycles. The number of nitrogen functional groups attached to an aromatic ring is 1. The largest absolute Gasteiger partial charge is 0.457 e. The van der Waals surface area contributed by atoms with Crippen molar-refractivity contribution in [3.05, 3.63) is 34.2 Å². The molecule has 17 heavy (non-hydrogen) atoms. The lowest BCUT2D eigenvalue weighted by Gasteiger charge is -1.94. The minimum Gasteiger partial charge on any atom is -0.457 e. The number of halogens is 2. The van der Waals surface area contributed by atoms with Gasteiger partial charge in [0.1, 0.15) is 5.52 Å². The molecule has 0 fully saturated rings. The fraction of sp³-hybridized carbons (Fsp3) is 0. The zero-order chi connectivity index (χ0) is 12.0. The highest BCUT2D eigenvalue weighted by atomic mass is 79.9. The second-order valence-corrected chi connectivity index (χ2v) is 4.60. The third-order valence-corrected chi connectivity index (χ3v) is 3.30. The number of oxazole rings is 1. The van der Waals surface area contributed by atoms with Gasteiger partial charge in [0.05, 0.1) is 22.5 Å². The number of nitrogens with zero attached hydrogens (tertiary/aromatic N) is 1. The molecule has 2 N–H and O–H groups in total. The molecule has 0 unspecified atom stereocenters. The van der Waals surface area contributed by atoms with Gasteiger partial charge in [-0.2, -0.15) is 0 Å². The van der Waals surface area contributed by atoms with Crippen LogP contribution >= 0.6 is 27.5 Å². The van der Waals surface area contributed by atoms with Gasteiger partial charge in [-0.1, -0.05) is 11.6 Å². The maximum absolute atomic E-state index is 5.92. The number of fused-ring (bicyclic) bond motifs is 1. The Bertz CT molecular complexity index is 666. The van der Waals surface area contributed by atoms with E-state index in [4.69, 9.17) is 26.2 Å². The van der Waals surface area contributed by atoms with E-state index in [1.54, 1.807) is 24.5 Å². The predicted molar refractivity (Wildman–Crippen MR) is 68.8 cm³/mol. The molecule has 3 aromatic rings. The Morgan fingerprint density at radius 2 is 2.18 bits per heavy atom. The van der Waals surface area contributed by atoms with Crippen LogP contribution in [0.3, 0.4) is 0 Å². The van der Waals surface area contributed by atoms with Crippen molar-refractivity contribution in [1.82, 2.24) is 4.98 Å². The van der Waals surface area contributed by atoms with E-state index in [0.717, 1.165) is 5.56 Å². The maximum atomic E-state index is 5.92. The first-order valence-electron chi connectivity index (χ1n) is 4.74. The molecule has 0 aliphatic rings. The van der Waals surface area contributed by atoms with Crippen LogP contribution in [0.2, 0.25) is 5.02 Å². The fourth-order valence-corrected chi connectivity index (χ4v) is 2.09. The number of rotatable bonds is 1. The van der Waals surface area contributed by atoms with Gasteiger partial charge in [-0.15, -0.1) is 0 Å². The predicted octanol–water partition coefficient (Wildman–Crippen LogP) is 4.09. The summed E-state index contributed by atoms with van der Waals surface area (Å²) in [6.45, 7) is 0. The van der Waals surface area contributed by atoms with Crippen LogP contribution < -0.4 is 5.73 Å². The maximum Gasteiger partial charge on any atom is 0.231 e. The Hall–Kier alpha value is -1.46. The van der Waals surface area contributed by atoms with Gasteiger partial charge in [0, 0.05) is 6.07 Å². The molecule has 0 radical (unpaired) electrons. The zero-order valence-electron chi connectivity index (χ0n) is 8.41. The minimum atomic E-state index is 0.460. The summed E-state index contributed by atoms with van der Waals surface area (Å²) in [6, 6.07) is 5.09. The average molecular weight is 314 g/mol. The molecular formula is C11H6BrClN2O2. The smallest absolute Gasteiger partial charge is 0.231 e. The average Bonchev–Trinajstić information content (AvgIpc) is 2.85. The van der Waals surface area contributed by atoms with Crippen molar-refractivity contribution in [2.75, 3.05) is 5.73 Å². The molecule has 0 saturated carbocycles. The molecule has 2 heterocycles. The monoisotopic (exact) mass is 312 g/mol. The highest BCUT2D eigenvalue weighted by molar-refractivity contribution is 9.10. The topological polar surface area (TPSA) is 65.2 Å². The Morgan fingerprint density at radius 1 is 1.35 bits per heavy atom. The lowest BCUT2D eigenvalue weighted by Crippen LogP contribution is -1.84. The SMILES string of the molecule is Nc1cc2oc(-c3ccoc3Br)nc2cc1Cl. The summed E-state index contributed by atoms with van der Waals surface area (Å²) in [4.78, 5) is 4.32. The van der Waals surface area contributed by atoms with Gasteiger partial charge in [0.15, 0.2) is 10.3 Å². The summed E-state index contributed by atoms with van der Waals surface area (Å²) < 4.78 is 11.3. The lowest BCUT2D eigenvalue weighted by atomic mass is 10.3. The summed E-state index contributed by atoms with van der Waals surface area (Å²) in [6.07, 6.45) is 1.55. The van der Waals surface area contributed by atoms with Crippen molar-refractivity contribution >= 4 is 44.3 Å². The van der Waals surface area contributed by atoms with Crippen molar-refractivity contribution in [2.24, 2.45) is 0 Å². The van der Waals surface area contributed by atoms with Crippen molar-refractivity contribution in [2.45, 2.75) is 0 Å². The van der Waals surface area contributed by atoms with E-state index in [0.29, 0.717) is 32.4 Å². The van der Waals surface area contributed by atoms with Crippen molar-refractivity contribution < 1.29 is 8.83 Å². The number of hydrogen-bond acceptors (Lipinski definition) is 4. The molecular weight excluding hydrogens is 307 g/mol. The van der Waals surface area contributed by atoms with E-state index in [1.165, 1.54) is 0 Å². The van der Waals surface area contributed by atoms with E-state index in [-0.39, 0.29) is 0 Å². The molecule has 0 saturated heterocycles. The molecule has 6 heteroatoms. The van der Waals surface area contributed by atoms with Gasteiger partial charge in [0.25, 0.3) is 0 Å². The Balaban J connectivity index is 2.24. The second kappa shape index (κ2) is 3.78. The summed E-state index contributed by atoms with van der Waals surface area (Å²) >= 11 is 9.19. The van der Waals surface area contributed by atoms with E-state index in [1.807, 2.05) is 0 Å². The van der Waals surface area contributed by atoms with Gasteiger partial charge in [0.2, 0.25) is 5.89 Å². The molecule has 86 valence electrons. The minimum absolute atomic E-state index is 0.460. The number of anilines is 1. The normalized spacial score (nSPS) is 11.2. The zero-order valence-corrected chi connectivity index (χ0v) is 10.7. The second-order valence-electron chi connectivity index (χ2n) is 3.47. The van der Waals surface area contributed by atoms with Crippen molar-refractivity contribution in [1.29, 1.82) is 0 Å². The Labute approximate surface area is 109 Å². The number of furan rings is 1. The van der Waals surface area contributed by atoms with E-state index in [9.17, 15) is 0 Å². The Kier molecular flexibility index (Phi) is 2.38. The molecule has 3 rings (SSSR count). The van der Waals surface area contributed by atoms with Gasteiger partial charge in [-0.05, 0) is 28.1 Å². The third kappa shape index (κ3) is 1.71. The number of aromatic nitrogens is 1. The van der Waals surface area contributed by atoms with Crippen LogP contribution in [0.15, 0.2) is 38.0 Å². The summed E-state index contributed by atoms with van der Waals surface area (Å²) in [5, 5.41) is 0.462. The first kappa shape index (κ1) is 10.7. The molecule has 0 bridgehead atoms. The van der Waals surface area contributed by atoms with E-state index >= 15 is 0 Å². The molecule has 0 aliphatic heterocycles. The van der Waals surface area contributed by atoms with Gasteiger partial charge in [-0.3, -0.25) is 0 Å². The summed E-state index contributed by atoms with van der Waals surface area (Å²) in [5.41, 5.74) is 8.16. The van der Waals surface area contributed by atoms with E-state index < -0.39 is 0 Å². The number of hydrogen-bond donors (Lipinski definition) is 1.